The second-order valence-electron chi connectivity index (χ2n) is 4.28. The third-order valence-electron chi connectivity index (χ3n) is 2.89. The van der Waals surface area contributed by atoms with E-state index in [0.29, 0.717) is 17.3 Å². The van der Waals surface area contributed by atoms with Crippen molar-refractivity contribution in [2.45, 2.75) is 13.5 Å². The first kappa shape index (κ1) is 10.9. The van der Waals surface area contributed by atoms with Crippen LogP contribution >= 0.6 is 0 Å². The van der Waals surface area contributed by atoms with Gasteiger partial charge in [0.1, 0.15) is 11.6 Å². The highest BCUT2D eigenvalue weighted by Gasteiger charge is 2.07. The lowest BCUT2D eigenvalue weighted by molar-refractivity contribution is 0.926. The van der Waals surface area contributed by atoms with Crippen LogP contribution < -0.4 is 11.5 Å². The van der Waals surface area contributed by atoms with Gasteiger partial charge in [-0.25, -0.2) is 15.0 Å². The molecular formula is C13H13N5. The minimum absolute atomic E-state index is 0.258. The molecule has 1 aromatic carbocycles. The van der Waals surface area contributed by atoms with Crippen molar-refractivity contribution in [2.24, 2.45) is 5.73 Å². The van der Waals surface area contributed by atoms with Gasteiger partial charge < -0.3 is 11.5 Å². The molecule has 0 saturated heterocycles. The lowest BCUT2D eigenvalue weighted by Gasteiger charge is -2.05. The lowest BCUT2D eigenvalue weighted by Crippen LogP contribution is -2.06. The number of aromatic nitrogens is 3. The van der Waals surface area contributed by atoms with E-state index >= 15 is 0 Å². The maximum atomic E-state index is 5.92. The SMILES string of the molecule is Cc1ccc2nc3nc(CN)nc(N)c3cc2c1. The largest absolute Gasteiger partial charge is 0.383 e. The van der Waals surface area contributed by atoms with Gasteiger partial charge in [0, 0.05) is 5.39 Å². The van der Waals surface area contributed by atoms with E-state index in [-0.39, 0.29) is 6.54 Å². The number of nitrogen functional groups attached to an aromatic ring is 1. The van der Waals surface area contributed by atoms with Crippen molar-refractivity contribution in [3.05, 3.63) is 35.7 Å². The predicted octanol–water partition coefficient (Wildman–Crippen LogP) is 1.53. The minimum Gasteiger partial charge on any atom is -0.383 e. The topological polar surface area (TPSA) is 90.7 Å². The highest BCUT2D eigenvalue weighted by atomic mass is 15.0. The smallest absolute Gasteiger partial charge is 0.165 e. The Morgan fingerprint density at radius 2 is 1.94 bits per heavy atom. The molecule has 5 nitrogen and oxygen atoms in total. The van der Waals surface area contributed by atoms with Crippen LogP contribution in [-0.4, -0.2) is 15.0 Å². The molecule has 0 unspecified atom stereocenters. The van der Waals surface area contributed by atoms with E-state index in [2.05, 4.69) is 21.0 Å². The number of rotatable bonds is 1. The number of hydrogen-bond donors (Lipinski definition) is 2. The van der Waals surface area contributed by atoms with Gasteiger partial charge in [-0.2, -0.15) is 0 Å². The van der Waals surface area contributed by atoms with Gasteiger partial charge in [0.05, 0.1) is 17.4 Å². The van der Waals surface area contributed by atoms with Crippen LogP contribution in [0.2, 0.25) is 0 Å². The van der Waals surface area contributed by atoms with Crippen LogP contribution in [0.25, 0.3) is 21.9 Å². The van der Waals surface area contributed by atoms with Crippen LogP contribution in [0.1, 0.15) is 11.4 Å². The molecule has 90 valence electrons. The summed E-state index contributed by atoms with van der Waals surface area (Å²) in [6, 6.07) is 8.04. The summed E-state index contributed by atoms with van der Waals surface area (Å²) >= 11 is 0. The summed E-state index contributed by atoms with van der Waals surface area (Å²) in [5.41, 5.74) is 14.1. The molecular weight excluding hydrogens is 226 g/mol. The lowest BCUT2D eigenvalue weighted by atomic mass is 10.1. The molecule has 3 rings (SSSR count). The second-order valence-corrected chi connectivity index (χ2v) is 4.28. The van der Waals surface area contributed by atoms with Crippen LogP contribution in [0.15, 0.2) is 24.3 Å². The first-order valence-corrected chi connectivity index (χ1v) is 5.71. The fraction of sp³-hybridized carbons (Fsp3) is 0.154. The Bertz CT molecular complexity index is 751. The standard InChI is InChI=1S/C13H13N5/c1-7-2-3-10-8(4-7)5-9-12(15)17-11(6-14)18-13(9)16-10/h2-5H,6,14H2,1H3,(H2,15,16,17,18). The molecule has 0 atom stereocenters. The number of aryl methyl sites for hydroxylation is 1. The average molecular weight is 239 g/mol. The molecule has 0 aliphatic carbocycles. The molecule has 0 spiro atoms. The number of fused-ring (bicyclic) bond motifs is 2. The van der Waals surface area contributed by atoms with Gasteiger partial charge in [-0.15, -0.1) is 0 Å². The Hall–Kier alpha value is -2.27. The van der Waals surface area contributed by atoms with Gasteiger partial charge in [0.25, 0.3) is 0 Å². The molecule has 2 aromatic heterocycles. The summed E-state index contributed by atoms with van der Waals surface area (Å²) in [5.74, 6) is 0.940. The van der Waals surface area contributed by atoms with Crippen molar-refractivity contribution in [3.63, 3.8) is 0 Å². The number of anilines is 1. The average Bonchev–Trinajstić information content (AvgIpc) is 2.37. The van der Waals surface area contributed by atoms with E-state index in [9.17, 15) is 0 Å². The Morgan fingerprint density at radius 3 is 2.72 bits per heavy atom. The van der Waals surface area contributed by atoms with Gasteiger partial charge >= 0.3 is 0 Å². The molecule has 0 radical (unpaired) electrons. The van der Waals surface area contributed by atoms with Crippen molar-refractivity contribution in [1.29, 1.82) is 0 Å². The zero-order valence-electron chi connectivity index (χ0n) is 10.0. The Morgan fingerprint density at radius 1 is 1.11 bits per heavy atom. The Kier molecular flexibility index (Phi) is 2.34. The molecule has 0 amide bonds. The zero-order valence-corrected chi connectivity index (χ0v) is 10.0. The quantitative estimate of drug-likeness (QED) is 0.628. The molecule has 4 N–H and O–H groups in total. The first-order valence-electron chi connectivity index (χ1n) is 5.71. The van der Waals surface area contributed by atoms with Crippen molar-refractivity contribution < 1.29 is 0 Å². The summed E-state index contributed by atoms with van der Waals surface area (Å²) < 4.78 is 0. The van der Waals surface area contributed by atoms with Gasteiger partial charge in [-0.3, -0.25) is 0 Å². The third kappa shape index (κ3) is 1.65. The van der Waals surface area contributed by atoms with E-state index in [1.165, 1.54) is 5.56 Å². The molecule has 0 aliphatic rings. The van der Waals surface area contributed by atoms with Gasteiger partial charge in [-0.1, -0.05) is 11.6 Å². The maximum absolute atomic E-state index is 5.92. The van der Waals surface area contributed by atoms with E-state index < -0.39 is 0 Å². The fourth-order valence-electron chi connectivity index (χ4n) is 2.00. The van der Waals surface area contributed by atoms with Crippen LogP contribution in [-0.2, 0) is 6.54 Å². The molecule has 5 heteroatoms. The van der Waals surface area contributed by atoms with Crippen molar-refractivity contribution in [3.8, 4) is 0 Å². The van der Waals surface area contributed by atoms with Crippen molar-refractivity contribution >= 4 is 27.8 Å². The summed E-state index contributed by atoms with van der Waals surface area (Å²) in [6.07, 6.45) is 0. The molecule has 18 heavy (non-hydrogen) atoms. The summed E-state index contributed by atoms with van der Waals surface area (Å²) in [6.45, 7) is 2.30. The summed E-state index contributed by atoms with van der Waals surface area (Å²) in [4.78, 5) is 13.0. The van der Waals surface area contributed by atoms with E-state index in [4.69, 9.17) is 11.5 Å². The van der Waals surface area contributed by atoms with Gasteiger partial charge in [0.15, 0.2) is 5.65 Å². The number of benzene rings is 1. The van der Waals surface area contributed by atoms with Crippen LogP contribution in [0, 0.1) is 6.92 Å². The molecule has 0 aliphatic heterocycles. The zero-order chi connectivity index (χ0) is 12.7. The van der Waals surface area contributed by atoms with E-state index in [1.807, 2.05) is 25.1 Å². The summed E-state index contributed by atoms with van der Waals surface area (Å²) in [5, 5.41) is 1.81. The van der Waals surface area contributed by atoms with E-state index in [1.54, 1.807) is 0 Å². The molecule has 2 heterocycles. The van der Waals surface area contributed by atoms with Crippen LogP contribution in [0.5, 0.6) is 0 Å². The van der Waals surface area contributed by atoms with Crippen LogP contribution in [0.3, 0.4) is 0 Å². The molecule has 0 saturated carbocycles. The molecule has 0 bridgehead atoms. The molecule has 0 fully saturated rings. The summed E-state index contributed by atoms with van der Waals surface area (Å²) in [7, 11) is 0. The molecule has 3 aromatic rings. The van der Waals surface area contributed by atoms with E-state index in [0.717, 1.165) is 16.3 Å². The number of nitrogens with two attached hydrogens (primary N) is 2. The van der Waals surface area contributed by atoms with Crippen molar-refractivity contribution in [1.82, 2.24) is 15.0 Å². The second kappa shape index (κ2) is 3.89. The predicted molar refractivity (Wildman–Crippen MR) is 71.9 cm³/mol. The first-order chi connectivity index (χ1) is 8.67. The number of pyridine rings is 1. The number of nitrogens with zero attached hydrogens (tertiary/aromatic N) is 3. The maximum Gasteiger partial charge on any atom is 0.165 e. The Labute approximate surface area is 104 Å². The van der Waals surface area contributed by atoms with Gasteiger partial charge in [-0.05, 0) is 25.1 Å². The van der Waals surface area contributed by atoms with Gasteiger partial charge in [0.2, 0.25) is 0 Å². The van der Waals surface area contributed by atoms with Crippen molar-refractivity contribution in [2.75, 3.05) is 5.73 Å². The highest BCUT2D eigenvalue weighted by molar-refractivity contribution is 5.95. The monoisotopic (exact) mass is 239 g/mol. The van der Waals surface area contributed by atoms with Crippen LogP contribution in [0.4, 0.5) is 5.82 Å². The third-order valence-corrected chi connectivity index (χ3v) is 2.89. The highest BCUT2D eigenvalue weighted by Crippen LogP contribution is 2.22. The number of hydrogen-bond acceptors (Lipinski definition) is 5. The Balaban J connectivity index is 2.41. The normalized spacial score (nSPS) is 11.2. The minimum atomic E-state index is 0.258. The fourth-order valence-corrected chi connectivity index (χ4v) is 2.00.